The summed E-state index contributed by atoms with van der Waals surface area (Å²) in [5, 5.41) is 3.12. The number of hydrogen-bond acceptors (Lipinski definition) is 0. The topological polar surface area (TPSA) is 0 Å². The molecule has 0 aliphatic carbocycles. The van der Waals surface area contributed by atoms with E-state index in [9.17, 15) is 13.2 Å². The molecule has 0 atom stereocenters. The summed E-state index contributed by atoms with van der Waals surface area (Å²) in [7, 11) is -1.96. The predicted octanol–water partition coefficient (Wildman–Crippen LogP) is 3.41. The number of rotatable bonds is 2. The van der Waals surface area contributed by atoms with E-state index in [1.165, 1.54) is 18.2 Å². The summed E-state index contributed by atoms with van der Waals surface area (Å²) in [4.78, 5) is 0. The number of alkyl halides is 3. The van der Waals surface area contributed by atoms with Crippen molar-refractivity contribution in [1.82, 2.24) is 0 Å². The molecule has 0 aliphatic heterocycles. The monoisotopic (exact) mass is 502 g/mol. The molecule has 0 aromatic heterocycles. The van der Waals surface area contributed by atoms with Gasteiger partial charge < -0.3 is 12.4 Å². The minimum Gasteiger partial charge on any atom is -1.00 e. The van der Waals surface area contributed by atoms with Crippen molar-refractivity contribution in [2.24, 2.45) is 0 Å². The second-order valence-electron chi connectivity index (χ2n) is 8.62. The Balaban J connectivity index is 0. The summed E-state index contributed by atoms with van der Waals surface area (Å²) >= 11 is 0. The first kappa shape index (κ1) is 31.3. The standard InChI is InChI=1S/2C8H13Si.C7H4F3.ClH.Ti/c2*1-9(2,3)8-6-4-5-7-8;8-7(9,10)6-4-2-1-3-5-6;;/h2*4-7H,1-3H3;1-4H;1H;/q3*-1;;+4/p-1. The van der Waals surface area contributed by atoms with Crippen LogP contribution in [0, 0.1) is 6.07 Å². The van der Waals surface area contributed by atoms with Gasteiger partial charge in [-0.1, -0.05) is 44.8 Å². The van der Waals surface area contributed by atoms with Crippen molar-refractivity contribution in [3.05, 3.63) is 84.4 Å². The molecule has 0 nitrogen and oxygen atoms in total. The summed E-state index contributed by atoms with van der Waals surface area (Å²) in [5.41, 5.74) is -0.727. The molecular formula is C23H30ClF3Si2Ti. The molecule has 0 unspecified atom stereocenters. The Kier molecular flexibility index (Phi) is 14.1. The summed E-state index contributed by atoms with van der Waals surface area (Å²) < 4.78 is 35.3. The van der Waals surface area contributed by atoms with Gasteiger partial charge in [0.1, 0.15) is 0 Å². The van der Waals surface area contributed by atoms with Gasteiger partial charge in [0.15, 0.2) is 0 Å². The van der Waals surface area contributed by atoms with Crippen LogP contribution in [-0.2, 0) is 27.9 Å². The summed E-state index contributed by atoms with van der Waals surface area (Å²) in [5.74, 6) is 0. The van der Waals surface area contributed by atoms with Crippen LogP contribution in [0.25, 0.3) is 0 Å². The van der Waals surface area contributed by atoms with Gasteiger partial charge in [-0.15, -0.1) is 0 Å². The van der Waals surface area contributed by atoms with Crippen LogP contribution < -0.4 is 22.8 Å². The molecule has 0 bridgehead atoms. The third-order valence-electron chi connectivity index (χ3n) is 4.07. The number of hydrogen-bond donors (Lipinski definition) is 0. The van der Waals surface area contributed by atoms with E-state index in [1.54, 1.807) is 10.4 Å². The Labute approximate surface area is 203 Å². The molecule has 0 spiro atoms. The van der Waals surface area contributed by atoms with Crippen molar-refractivity contribution in [3.8, 4) is 0 Å². The molecule has 0 saturated heterocycles. The number of halogens is 4. The molecule has 3 aromatic rings. The molecular weight excluding hydrogens is 473 g/mol. The summed E-state index contributed by atoms with van der Waals surface area (Å²) in [6.45, 7) is 14.2. The first-order chi connectivity index (χ1) is 12.8. The predicted molar refractivity (Wildman–Crippen MR) is 120 cm³/mol. The van der Waals surface area contributed by atoms with E-state index in [2.05, 4.69) is 93.9 Å². The second-order valence-corrected chi connectivity index (χ2v) is 18.8. The van der Waals surface area contributed by atoms with Crippen LogP contribution in [0.5, 0.6) is 0 Å². The Morgan fingerprint density at radius 1 is 0.700 bits per heavy atom. The molecule has 3 rings (SSSR count). The zero-order chi connectivity index (χ0) is 21.4. The van der Waals surface area contributed by atoms with Gasteiger partial charge in [-0.3, -0.25) is 0 Å². The molecule has 0 heterocycles. The zero-order valence-electron chi connectivity index (χ0n) is 18.4. The largest absolute Gasteiger partial charge is 4.00 e. The quantitative estimate of drug-likeness (QED) is 0.372. The molecule has 0 fully saturated rings. The van der Waals surface area contributed by atoms with Crippen molar-refractivity contribution in [3.63, 3.8) is 0 Å². The fourth-order valence-corrected chi connectivity index (χ4v) is 4.70. The normalized spacial score (nSPS) is 11.0. The molecule has 7 heteroatoms. The number of benzene rings is 1. The van der Waals surface area contributed by atoms with Crippen LogP contribution in [0.3, 0.4) is 0 Å². The van der Waals surface area contributed by atoms with Crippen molar-refractivity contribution >= 4 is 26.5 Å². The Bertz CT molecular complexity index is 726. The minimum atomic E-state index is -4.26. The average molecular weight is 503 g/mol. The Morgan fingerprint density at radius 3 is 1.23 bits per heavy atom. The molecule has 162 valence electrons. The maximum Gasteiger partial charge on any atom is 4.00 e. The van der Waals surface area contributed by atoms with Crippen LogP contribution in [0.15, 0.2) is 72.8 Å². The van der Waals surface area contributed by atoms with E-state index >= 15 is 0 Å². The van der Waals surface area contributed by atoms with Crippen LogP contribution in [0.4, 0.5) is 13.2 Å². The summed E-state index contributed by atoms with van der Waals surface area (Å²) in [6.07, 6.45) is -4.26. The van der Waals surface area contributed by atoms with Gasteiger partial charge >= 0.3 is 27.9 Å². The third-order valence-corrected chi connectivity index (χ3v) is 8.20. The van der Waals surface area contributed by atoms with Crippen molar-refractivity contribution in [2.45, 2.75) is 45.5 Å². The van der Waals surface area contributed by atoms with E-state index in [-0.39, 0.29) is 34.1 Å². The van der Waals surface area contributed by atoms with Gasteiger partial charge in [0.25, 0.3) is 0 Å². The Morgan fingerprint density at radius 2 is 1.07 bits per heavy atom. The third kappa shape index (κ3) is 12.1. The molecule has 0 amide bonds. The van der Waals surface area contributed by atoms with E-state index in [1.807, 2.05) is 0 Å². The zero-order valence-corrected chi connectivity index (χ0v) is 22.8. The van der Waals surface area contributed by atoms with Gasteiger partial charge in [-0.2, -0.15) is 78.1 Å². The molecule has 0 aliphatic rings. The van der Waals surface area contributed by atoms with Crippen molar-refractivity contribution in [2.75, 3.05) is 0 Å². The molecule has 0 saturated carbocycles. The maximum atomic E-state index is 11.8. The molecule has 30 heavy (non-hydrogen) atoms. The first-order valence-electron chi connectivity index (χ1n) is 9.30. The maximum absolute atomic E-state index is 11.8. The summed E-state index contributed by atoms with van der Waals surface area (Å²) in [6, 6.07) is 24.5. The SMILES string of the molecule is C[Si](C)(C)[c-]1cccc1.C[Si](C)(C)[c-]1cccc1.FC(F)(F)c1[c-]cccc1.[Cl-].[Ti+4]. The van der Waals surface area contributed by atoms with Crippen LogP contribution in [0.1, 0.15) is 5.56 Å². The van der Waals surface area contributed by atoms with E-state index in [0.717, 1.165) is 6.07 Å². The van der Waals surface area contributed by atoms with Gasteiger partial charge in [-0.05, 0) is 0 Å². The fraction of sp³-hybridized carbons (Fsp3) is 0.304. The van der Waals surface area contributed by atoms with E-state index in [0.29, 0.717) is 0 Å². The van der Waals surface area contributed by atoms with Gasteiger partial charge in [-0.25, -0.2) is 24.3 Å². The first-order valence-corrected chi connectivity index (χ1v) is 16.3. The van der Waals surface area contributed by atoms with E-state index in [4.69, 9.17) is 0 Å². The second kappa shape index (κ2) is 13.5. The molecule has 0 N–H and O–H groups in total. The Hall–Kier alpha value is -0.852. The smallest absolute Gasteiger partial charge is 1.00 e. The van der Waals surface area contributed by atoms with Crippen molar-refractivity contribution in [1.29, 1.82) is 0 Å². The van der Waals surface area contributed by atoms with Gasteiger partial charge in [0.05, 0.1) is 0 Å². The molecule has 0 radical (unpaired) electrons. The van der Waals surface area contributed by atoms with Gasteiger partial charge in [0.2, 0.25) is 0 Å². The molecule has 3 aromatic carbocycles. The average Bonchev–Trinajstić information content (AvgIpc) is 3.29. The van der Waals surface area contributed by atoms with Crippen LogP contribution in [0.2, 0.25) is 39.3 Å². The van der Waals surface area contributed by atoms with Crippen LogP contribution in [-0.4, -0.2) is 16.1 Å². The van der Waals surface area contributed by atoms with Gasteiger partial charge in [0, 0.05) is 16.1 Å². The van der Waals surface area contributed by atoms with E-state index < -0.39 is 27.9 Å². The van der Waals surface area contributed by atoms with Crippen LogP contribution >= 0.6 is 0 Å². The van der Waals surface area contributed by atoms with Crippen molar-refractivity contribution < 1.29 is 47.3 Å². The minimum absolute atomic E-state index is 0. The fourth-order valence-electron chi connectivity index (χ4n) is 2.32.